The molecule has 1 amide bonds. The normalized spacial score (nSPS) is 18.6. The lowest BCUT2D eigenvalue weighted by Crippen LogP contribution is -2.45. The van der Waals surface area contributed by atoms with Gasteiger partial charge in [-0.25, -0.2) is 0 Å². The van der Waals surface area contributed by atoms with Crippen LogP contribution in [0.5, 0.6) is 0 Å². The van der Waals surface area contributed by atoms with Gasteiger partial charge in [0.2, 0.25) is 0 Å². The Balaban J connectivity index is 1.79. The van der Waals surface area contributed by atoms with E-state index in [2.05, 4.69) is 26.1 Å². The zero-order valence-corrected chi connectivity index (χ0v) is 12.7. The fourth-order valence-electron chi connectivity index (χ4n) is 1.95. The van der Waals surface area contributed by atoms with E-state index in [1.54, 1.807) is 0 Å². The highest BCUT2D eigenvalue weighted by Gasteiger charge is 2.16. The third-order valence-corrected chi connectivity index (χ3v) is 4.35. The maximum Gasteiger partial charge on any atom is 0.252 e. The molecule has 1 saturated heterocycles. The van der Waals surface area contributed by atoms with Gasteiger partial charge in [-0.05, 0) is 28.9 Å². The summed E-state index contributed by atoms with van der Waals surface area (Å²) in [6, 6.07) is 2.00. The van der Waals surface area contributed by atoms with Crippen LogP contribution in [0.1, 0.15) is 17.3 Å². The Bertz CT molecular complexity index is 405. The second kappa shape index (κ2) is 6.65. The molecule has 0 aliphatic carbocycles. The minimum Gasteiger partial charge on any atom is -0.379 e. The minimum atomic E-state index is -0.00212. The van der Waals surface area contributed by atoms with Gasteiger partial charge in [0, 0.05) is 31.1 Å². The first-order valence-corrected chi connectivity index (χ1v) is 7.67. The molecule has 100 valence electrons. The zero-order valence-electron chi connectivity index (χ0n) is 10.3. The maximum absolute atomic E-state index is 11.9. The molecular formula is C12H17BrN2O2S. The van der Waals surface area contributed by atoms with Crippen molar-refractivity contribution in [1.82, 2.24) is 10.2 Å². The van der Waals surface area contributed by atoms with Crippen molar-refractivity contribution in [2.75, 3.05) is 32.8 Å². The van der Waals surface area contributed by atoms with Crippen molar-refractivity contribution >= 4 is 33.2 Å². The molecule has 2 heterocycles. The van der Waals surface area contributed by atoms with Gasteiger partial charge in [0.1, 0.15) is 0 Å². The van der Waals surface area contributed by atoms with Crippen LogP contribution < -0.4 is 5.32 Å². The first-order chi connectivity index (χ1) is 8.65. The van der Waals surface area contributed by atoms with Crippen molar-refractivity contribution < 1.29 is 9.53 Å². The van der Waals surface area contributed by atoms with E-state index in [9.17, 15) is 4.79 Å². The third-order valence-electron chi connectivity index (χ3n) is 2.84. The molecule has 1 N–H and O–H groups in total. The zero-order chi connectivity index (χ0) is 13.0. The Morgan fingerprint density at radius 3 is 2.94 bits per heavy atom. The predicted molar refractivity (Wildman–Crippen MR) is 76.2 cm³/mol. The molecule has 0 bridgehead atoms. The Morgan fingerprint density at radius 1 is 1.61 bits per heavy atom. The Hall–Kier alpha value is -0.430. The number of hydrogen-bond donors (Lipinski definition) is 1. The van der Waals surface area contributed by atoms with Gasteiger partial charge in [-0.15, -0.1) is 11.3 Å². The van der Waals surface area contributed by atoms with Gasteiger partial charge in [0.15, 0.2) is 0 Å². The summed E-state index contributed by atoms with van der Waals surface area (Å²) in [6.45, 7) is 6.39. The number of rotatable bonds is 4. The summed E-state index contributed by atoms with van der Waals surface area (Å²) >= 11 is 4.89. The molecule has 18 heavy (non-hydrogen) atoms. The lowest BCUT2D eigenvalue weighted by Gasteiger charge is -2.29. The molecule has 0 saturated carbocycles. The highest BCUT2D eigenvalue weighted by Crippen LogP contribution is 2.20. The number of thiophene rings is 1. The van der Waals surface area contributed by atoms with Crippen molar-refractivity contribution in [3.05, 3.63) is 20.8 Å². The first kappa shape index (κ1) is 14.0. The molecular weight excluding hydrogens is 316 g/mol. The molecule has 1 fully saturated rings. The highest BCUT2D eigenvalue weighted by atomic mass is 79.9. The van der Waals surface area contributed by atoms with E-state index < -0.39 is 0 Å². The number of amides is 1. The average Bonchev–Trinajstić information content (AvgIpc) is 2.77. The fourth-order valence-corrected chi connectivity index (χ4v) is 3.09. The lowest BCUT2D eigenvalue weighted by atomic mass is 10.2. The van der Waals surface area contributed by atoms with Crippen LogP contribution in [0.25, 0.3) is 0 Å². The Labute approximate surface area is 119 Å². The van der Waals surface area contributed by atoms with Crippen molar-refractivity contribution in [3.63, 3.8) is 0 Å². The van der Waals surface area contributed by atoms with Crippen molar-refractivity contribution in [3.8, 4) is 0 Å². The van der Waals surface area contributed by atoms with Gasteiger partial charge in [0.25, 0.3) is 5.91 Å². The van der Waals surface area contributed by atoms with Crippen molar-refractivity contribution in [1.29, 1.82) is 0 Å². The minimum absolute atomic E-state index is 0.00212. The average molecular weight is 333 g/mol. The quantitative estimate of drug-likeness (QED) is 0.916. The summed E-state index contributed by atoms with van der Waals surface area (Å²) in [4.78, 5) is 14.3. The number of ether oxygens (including phenoxy) is 1. The van der Waals surface area contributed by atoms with Gasteiger partial charge in [-0.2, -0.15) is 0 Å². The van der Waals surface area contributed by atoms with E-state index in [1.807, 2.05) is 18.4 Å². The molecule has 2 rings (SSSR count). The lowest BCUT2D eigenvalue weighted by molar-refractivity contribution is 0.0342. The first-order valence-electron chi connectivity index (χ1n) is 6.00. The highest BCUT2D eigenvalue weighted by molar-refractivity contribution is 9.11. The molecule has 0 aromatic carbocycles. The standard InChI is InChI=1S/C12H17BrN2O2S/c1-9(7-15-2-4-17-5-3-15)14-12(16)10-6-11(13)18-8-10/h6,8-9H,2-5,7H2,1H3,(H,14,16)/t9-/m1/s1. The van der Waals surface area contributed by atoms with E-state index in [4.69, 9.17) is 4.74 Å². The van der Waals surface area contributed by atoms with Crippen LogP contribution in [0, 0.1) is 0 Å². The number of nitrogens with one attached hydrogen (secondary N) is 1. The van der Waals surface area contributed by atoms with Crippen molar-refractivity contribution in [2.45, 2.75) is 13.0 Å². The summed E-state index contributed by atoms with van der Waals surface area (Å²) in [5, 5.41) is 4.88. The fraction of sp³-hybridized carbons (Fsp3) is 0.583. The monoisotopic (exact) mass is 332 g/mol. The Kier molecular flexibility index (Phi) is 5.17. The SMILES string of the molecule is C[C@H](CN1CCOCC1)NC(=O)c1csc(Br)c1. The van der Waals surface area contributed by atoms with Crippen LogP contribution >= 0.6 is 27.3 Å². The van der Waals surface area contributed by atoms with Crippen LogP contribution in [0.15, 0.2) is 15.2 Å². The summed E-state index contributed by atoms with van der Waals surface area (Å²) in [7, 11) is 0. The van der Waals surface area contributed by atoms with Gasteiger partial charge in [-0.3, -0.25) is 9.69 Å². The van der Waals surface area contributed by atoms with Crippen LogP contribution in [-0.4, -0.2) is 49.7 Å². The van der Waals surface area contributed by atoms with E-state index in [0.717, 1.165) is 42.2 Å². The van der Waals surface area contributed by atoms with Crippen LogP contribution in [-0.2, 0) is 4.74 Å². The van der Waals surface area contributed by atoms with Crippen molar-refractivity contribution in [2.24, 2.45) is 0 Å². The van der Waals surface area contributed by atoms with Gasteiger partial charge < -0.3 is 10.1 Å². The smallest absolute Gasteiger partial charge is 0.252 e. The van der Waals surface area contributed by atoms with Gasteiger partial charge in [0.05, 0.1) is 22.6 Å². The number of carbonyl (C=O) groups excluding carboxylic acids is 1. The summed E-state index contributed by atoms with van der Waals surface area (Å²) in [5.41, 5.74) is 0.723. The molecule has 0 radical (unpaired) electrons. The molecule has 1 aromatic heterocycles. The maximum atomic E-state index is 11.9. The number of halogens is 1. The molecule has 1 aliphatic rings. The van der Waals surface area contributed by atoms with E-state index >= 15 is 0 Å². The molecule has 1 atom stereocenters. The Morgan fingerprint density at radius 2 is 2.33 bits per heavy atom. The second-order valence-electron chi connectivity index (χ2n) is 4.43. The van der Waals surface area contributed by atoms with E-state index in [1.165, 1.54) is 11.3 Å². The van der Waals surface area contributed by atoms with Gasteiger partial charge in [-0.1, -0.05) is 0 Å². The second-order valence-corrected chi connectivity index (χ2v) is 6.72. The predicted octanol–water partition coefficient (Wildman–Crippen LogP) is 1.96. The topological polar surface area (TPSA) is 41.6 Å². The summed E-state index contributed by atoms with van der Waals surface area (Å²) < 4.78 is 6.28. The van der Waals surface area contributed by atoms with E-state index in [0.29, 0.717) is 0 Å². The molecule has 4 nitrogen and oxygen atoms in total. The molecule has 1 aromatic rings. The molecule has 6 heteroatoms. The molecule has 0 spiro atoms. The number of carbonyl (C=O) groups is 1. The third kappa shape index (κ3) is 4.05. The van der Waals surface area contributed by atoms with Crippen LogP contribution in [0.4, 0.5) is 0 Å². The number of hydrogen-bond acceptors (Lipinski definition) is 4. The largest absolute Gasteiger partial charge is 0.379 e. The summed E-state index contributed by atoms with van der Waals surface area (Å²) in [5.74, 6) is -0.00212. The molecule has 1 aliphatic heterocycles. The molecule has 0 unspecified atom stereocenters. The number of nitrogens with zero attached hydrogens (tertiary/aromatic N) is 1. The number of morpholine rings is 1. The van der Waals surface area contributed by atoms with Crippen LogP contribution in [0.2, 0.25) is 0 Å². The van der Waals surface area contributed by atoms with Gasteiger partial charge >= 0.3 is 0 Å². The van der Waals surface area contributed by atoms with Crippen LogP contribution in [0.3, 0.4) is 0 Å². The summed E-state index contributed by atoms with van der Waals surface area (Å²) in [6.07, 6.45) is 0. The van der Waals surface area contributed by atoms with E-state index in [-0.39, 0.29) is 11.9 Å².